The van der Waals surface area contributed by atoms with E-state index in [1.807, 2.05) is 78.9 Å². The van der Waals surface area contributed by atoms with Gasteiger partial charge in [-0.15, -0.1) is 0 Å². The minimum absolute atomic E-state index is 0.618. The Kier molecular flexibility index (Phi) is 8.43. The Morgan fingerprint density at radius 2 is 0.625 bits per heavy atom. The molecule has 0 aliphatic rings. The van der Waals surface area contributed by atoms with Crippen molar-refractivity contribution in [3.8, 4) is 79.2 Å². The summed E-state index contributed by atoms with van der Waals surface area (Å²) in [4.78, 5) is 25.1. The van der Waals surface area contributed by atoms with Crippen LogP contribution in [0.3, 0.4) is 0 Å². The van der Waals surface area contributed by atoms with Crippen LogP contribution in [0.15, 0.2) is 200 Å². The van der Waals surface area contributed by atoms with Crippen molar-refractivity contribution in [1.29, 1.82) is 0 Å². The molecule has 0 bridgehead atoms. The first-order valence-corrected chi connectivity index (χ1v) is 18.7. The second kappa shape index (κ2) is 14.3. The third-order valence-electron chi connectivity index (χ3n) is 10.1. The van der Waals surface area contributed by atoms with E-state index in [9.17, 15) is 0 Å². The predicted molar refractivity (Wildman–Crippen MR) is 228 cm³/mol. The molecule has 0 fully saturated rings. The lowest BCUT2D eigenvalue weighted by atomic mass is 9.97. The quantitative estimate of drug-likeness (QED) is 0.154. The topological polar surface area (TPSA) is 64.5 Å². The first-order valence-electron chi connectivity index (χ1n) is 18.7. The van der Waals surface area contributed by atoms with Crippen LogP contribution in [-0.4, -0.2) is 24.9 Å². The highest BCUT2D eigenvalue weighted by Crippen LogP contribution is 2.34. The molecular formula is C51H33N5. The monoisotopic (exact) mass is 715 g/mol. The molecule has 8 aromatic carbocycles. The fourth-order valence-electron chi connectivity index (χ4n) is 7.27. The van der Waals surface area contributed by atoms with E-state index >= 15 is 0 Å². The maximum atomic E-state index is 5.14. The van der Waals surface area contributed by atoms with Gasteiger partial charge in [-0.25, -0.2) is 24.9 Å². The number of hydrogen-bond donors (Lipinski definition) is 0. The van der Waals surface area contributed by atoms with Crippen LogP contribution in [-0.2, 0) is 0 Å². The van der Waals surface area contributed by atoms with Crippen molar-refractivity contribution in [2.45, 2.75) is 0 Å². The third-order valence-corrected chi connectivity index (χ3v) is 10.1. The molecule has 0 N–H and O–H groups in total. The largest absolute Gasteiger partial charge is 0.228 e. The van der Waals surface area contributed by atoms with Gasteiger partial charge in [-0.2, -0.15) is 0 Å². The Morgan fingerprint density at radius 1 is 0.214 bits per heavy atom. The van der Waals surface area contributed by atoms with Gasteiger partial charge in [0.1, 0.15) is 0 Å². The Bertz CT molecular complexity index is 2960. The minimum Gasteiger partial charge on any atom is -0.228 e. The lowest BCUT2D eigenvalue weighted by Crippen LogP contribution is -2.00. The van der Waals surface area contributed by atoms with E-state index in [0.29, 0.717) is 23.3 Å². The highest BCUT2D eigenvalue weighted by Gasteiger charge is 2.15. The number of nitrogens with zero attached hydrogens (tertiary/aromatic N) is 5. The van der Waals surface area contributed by atoms with Crippen LogP contribution >= 0.6 is 0 Å². The SMILES string of the molecule is c1ccc(-c2nc(-c3cccc(-c4cccc(-c5nc(-c6ccccc6)nc(-c6ccccc6)n5)c4)c3)cc(-c3ccc4c(ccc5ccccc54)c3)n2)cc1. The fraction of sp³-hybridized carbons (Fsp3) is 0. The zero-order valence-electron chi connectivity index (χ0n) is 30.3. The van der Waals surface area contributed by atoms with Crippen molar-refractivity contribution in [1.82, 2.24) is 24.9 Å². The van der Waals surface area contributed by atoms with E-state index in [-0.39, 0.29) is 0 Å². The molecule has 0 radical (unpaired) electrons. The Balaban J connectivity index is 1.06. The molecule has 2 heterocycles. The molecule has 10 aromatic rings. The summed E-state index contributed by atoms with van der Waals surface area (Å²) in [6.07, 6.45) is 0. The second-order valence-corrected chi connectivity index (χ2v) is 13.8. The van der Waals surface area contributed by atoms with Gasteiger partial charge in [-0.3, -0.25) is 0 Å². The molecular weight excluding hydrogens is 683 g/mol. The van der Waals surface area contributed by atoms with E-state index in [1.54, 1.807) is 0 Å². The molecule has 5 nitrogen and oxygen atoms in total. The van der Waals surface area contributed by atoms with Crippen molar-refractivity contribution >= 4 is 21.5 Å². The second-order valence-electron chi connectivity index (χ2n) is 13.8. The van der Waals surface area contributed by atoms with Crippen molar-refractivity contribution in [2.75, 3.05) is 0 Å². The molecule has 0 aliphatic carbocycles. The number of rotatable bonds is 7. The maximum Gasteiger partial charge on any atom is 0.164 e. The zero-order valence-corrected chi connectivity index (χ0v) is 30.3. The van der Waals surface area contributed by atoms with E-state index in [2.05, 4.69) is 121 Å². The summed E-state index contributed by atoms with van der Waals surface area (Å²) in [6.45, 7) is 0. The normalized spacial score (nSPS) is 11.2. The van der Waals surface area contributed by atoms with Gasteiger partial charge in [-0.1, -0.05) is 176 Å². The van der Waals surface area contributed by atoms with Crippen LogP contribution in [0.2, 0.25) is 0 Å². The van der Waals surface area contributed by atoms with E-state index < -0.39 is 0 Å². The van der Waals surface area contributed by atoms with E-state index in [1.165, 1.54) is 21.5 Å². The van der Waals surface area contributed by atoms with Gasteiger partial charge in [0.05, 0.1) is 11.4 Å². The maximum absolute atomic E-state index is 5.14. The van der Waals surface area contributed by atoms with Gasteiger partial charge in [0, 0.05) is 33.4 Å². The highest BCUT2D eigenvalue weighted by molar-refractivity contribution is 6.08. The summed E-state index contributed by atoms with van der Waals surface area (Å²) in [6, 6.07) is 68.9. The smallest absolute Gasteiger partial charge is 0.164 e. The fourth-order valence-corrected chi connectivity index (χ4v) is 7.27. The van der Waals surface area contributed by atoms with Gasteiger partial charge in [-0.05, 0) is 56.9 Å². The van der Waals surface area contributed by atoms with Crippen molar-refractivity contribution in [2.24, 2.45) is 0 Å². The summed E-state index contributed by atoms with van der Waals surface area (Å²) in [5, 5.41) is 4.88. The Hall–Kier alpha value is -7.63. The van der Waals surface area contributed by atoms with E-state index in [4.69, 9.17) is 24.9 Å². The van der Waals surface area contributed by atoms with Gasteiger partial charge in [0.15, 0.2) is 23.3 Å². The lowest BCUT2D eigenvalue weighted by molar-refractivity contribution is 1.07. The molecule has 0 unspecified atom stereocenters. The lowest BCUT2D eigenvalue weighted by Gasteiger charge is -2.12. The third kappa shape index (κ3) is 6.48. The Morgan fingerprint density at radius 3 is 1.23 bits per heavy atom. The van der Waals surface area contributed by atoms with Crippen LogP contribution < -0.4 is 0 Å². The van der Waals surface area contributed by atoms with Crippen LogP contribution in [0.25, 0.3) is 101 Å². The van der Waals surface area contributed by atoms with Gasteiger partial charge in [0.2, 0.25) is 0 Å². The molecule has 5 heteroatoms. The highest BCUT2D eigenvalue weighted by atomic mass is 15.0. The first-order chi connectivity index (χ1) is 27.7. The van der Waals surface area contributed by atoms with Gasteiger partial charge < -0.3 is 0 Å². The number of hydrogen-bond acceptors (Lipinski definition) is 5. The summed E-state index contributed by atoms with van der Waals surface area (Å²) in [5.74, 6) is 2.57. The molecule has 56 heavy (non-hydrogen) atoms. The van der Waals surface area contributed by atoms with Crippen molar-refractivity contribution < 1.29 is 0 Å². The summed E-state index contributed by atoms with van der Waals surface area (Å²) >= 11 is 0. The summed E-state index contributed by atoms with van der Waals surface area (Å²) < 4.78 is 0. The van der Waals surface area contributed by atoms with Crippen molar-refractivity contribution in [3.63, 3.8) is 0 Å². The number of benzene rings is 8. The van der Waals surface area contributed by atoms with Gasteiger partial charge in [0.25, 0.3) is 0 Å². The molecule has 0 saturated carbocycles. The summed E-state index contributed by atoms with van der Waals surface area (Å²) in [7, 11) is 0. The zero-order chi connectivity index (χ0) is 37.3. The van der Waals surface area contributed by atoms with E-state index in [0.717, 1.165) is 55.9 Å². The summed E-state index contributed by atoms with van der Waals surface area (Å²) in [5.41, 5.74) is 9.62. The standard InChI is InChI=1S/C51H33N5/c1-4-15-35(16-5-1)48-52-46(33-47(53-48)42-28-29-45-40(32-42)27-26-34-14-10-11-25-44(34)45)41-23-12-21-38(30-41)39-22-13-24-43(31-39)51-55-49(36-17-6-2-7-18-36)54-50(56-51)37-19-8-3-9-20-37/h1-33H. The van der Waals surface area contributed by atoms with Crippen LogP contribution in [0.4, 0.5) is 0 Å². The van der Waals surface area contributed by atoms with Crippen LogP contribution in [0.1, 0.15) is 0 Å². The molecule has 0 aliphatic heterocycles. The predicted octanol–water partition coefficient (Wildman–Crippen LogP) is 12.6. The van der Waals surface area contributed by atoms with Gasteiger partial charge >= 0.3 is 0 Å². The molecule has 0 atom stereocenters. The average molecular weight is 716 g/mol. The molecule has 262 valence electrons. The first kappa shape index (κ1) is 33.0. The molecule has 0 saturated heterocycles. The van der Waals surface area contributed by atoms with Crippen LogP contribution in [0, 0.1) is 0 Å². The average Bonchev–Trinajstić information content (AvgIpc) is 3.29. The van der Waals surface area contributed by atoms with Crippen LogP contribution in [0.5, 0.6) is 0 Å². The number of aromatic nitrogens is 5. The minimum atomic E-state index is 0.618. The molecule has 2 aromatic heterocycles. The van der Waals surface area contributed by atoms with Crippen molar-refractivity contribution in [3.05, 3.63) is 200 Å². The molecule has 0 amide bonds. The number of fused-ring (bicyclic) bond motifs is 3. The molecule has 0 spiro atoms. The Labute approximate surface area is 324 Å². The molecule has 10 rings (SSSR count).